The van der Waals surface area contributed by atoms with E-state index in [0.29, 0.717) is 30.2 Å². The number of carbonyl (C=O) groups excluding carboxylic acids is 1. The smallest absolute Gasteiger partial charge is 0.224 e. The van der Waals surface area contributed by atoms with Gasteiger partial charge in [-0.3, -0.25) is 4.79 Å². The van der Waals surface area contributed by atoms with Crippen LogP contribution in [0.1, 0.15) is 51.0 Å². The molecule has 1 saturated heterocycles. The minimum absolute atomic E-state index is 0.128. The quantitative estimate of drug-likeness (QED) is 0.669. The number of hydrogen-bond donors (Lipinski definition) is 0. The van der Waals surface area contributed by atoms with E-state index in [0.717, 1.165) is 31.2 Å². The third-order valence-electron chi connectivity index (χ3n) is 6.49. The summed E-state index contributed by atoms with van der Waals surface area (Å²) in [6.45, 7) is 6.04. The summed E-state index contributed by atoms with van der Waals surface area (Å²) in [5.41, 5.74) is 0.707. The minimum atomic E-state index is -0.294. The fraction of sp³-hybridized carbons (Fsp3) is 0.542. The Morgan fingerprint density at radius 1 is 1.19 bits per heavy atom. The number of amides is 1. The molecule has 7 heteroatoms. The van der Waals surface area contributed by atoms with Gasteiger partial charge in [0.15, 0.2) is 0 Å². The highest BCUT2D eigenvalue weighted by molar-refractivity contribution is 5.77. The van der Waals surface area contributed by atoms with Gasteiger partial charge in [0.1, 0.15) is 23.7 Å². The highest BCUT2D eigenvalue weighted by atomic mass is 19.1. The van der Waals surface area contributed by atoms with Gasteiger partial charge in [-0.25, -0.2) is 14.4 Å². The molecule has 1 amide bonds. The van der Waals surface area contributed by atoms with Gasteiger partial charge in [-0.15, -0.1) is 0 Å². The number of aryl methyl sites for hydroxylation is 1. The van der Waals surface area contributed by atoms with Crippen molar-refractivity contribution < 1.29 is 13.9 Å². The van der Waals surface area contributed by atoms with Gasteiger partial charge in [-0.1, -0.05) is 25.7 Å². The van der Waals surface area contributed by atoms with Gasteiger partial charge >= 0.3 is 0 Å². The van der Waals surface area contributed by atoms with Gasteiger partial charge in [0, 0.05) is 38.2 Å². The van der Waals surface area contributed by atoms with Crippen molar-refractivity contribution in [2.75, 3.05) is 24.5 Å². The molecule has 1 aliphatic heterocycles. The number of benzene rings is 1. The van der Waals surface area contributed by atoms with Crippen molar-refractivity contribution in [2.24, 2.45) is 5.92 Å². The van der Waals surface area contributed by atoms with Crippen molar-refractivity contribution in [3.63, 3.8) is 0 Å². The van der Waals surface area contributed by atoms with Crippen molar-refractivity contribution in [1.29, 1.82) is 0 Å². The number of halogens is 1. The van der Waals surface area contributed by atoms with Gasteiger partial charge in [-0.05, 0) is 49.9 Å². The zero-order valence-corrected chi connectivity index (χ0v) is 18.4. The molecule has 2 aliphatic rings. The van der Waals surface area contributed by atoms with Crippen LogP contribution >= 0.6 is 0 Å². The Bertz CT molecular complexity index is 916. The highest BCUT2D eigenvalue weighted by Gasteiger charge is 2.28. The molecule has 2 fully saturated rings. The van der Waals surface area contributed by atoms with E-state index in [1.165, 1.54) is 44.1 Å². The molecule has 166 valence electrons. The number of piperazine rings is 1. The first-order valence-corrected chi connectivity index (χ1v) is 11.3. The number of rotatable bonds is 6. The van der Waals surface area contributed by atoms with Gasteiger partial charge in [0.2, 0.25) is 11.8 Å². The van der Waals surface area contributed by atoms with Crippen LogP contribution in [-0.2, 0) is 4.79 Å². The Balaban J connectivity index is 1.35. The molecule has 1 saturated carbocycles. The zero-order valence-electron chi connectivity index (χ0n) is 18.4. The largest absolute Gasteiger partial charge is 0.439 e. The fourth-order valence-corrected chi connectivity index (χ4v) is 4.71. The molecule has 6 nitrogen and oxygen atoms in total. The van der Waals surface area contributed by atoms with E-state index < -0.39 is 0 Å². The van der Waals surface area contributed by atoms with Crippen molar-refractivity contribution in [3.05, 3.63) is 42.0 Å². The fourth-order valence-electron chi connectivity index (χ4n) is 4.71. The summed E-state index contributed by atoms with van der Waals surface area (Å²) in [7, 11) is 0. The average molecular weight is 427 g/mol. The van der Waals surface area contributed by atoms with E-state index in [2.05, 4.69) is 21.8 Å². The van der Waals surface area contributed by atoms with Gasteiger partial charge in [-0.2, -0.15) is 0 Å². The molecule has 0 N–H and O–H groups in total. The highest BCUT2D eigenvalue weighted by Crippen LogP contribution is 2.30. The Kier molecular flexibility index (Phi) is 6.68. The summed E-state index contributed by atoms with van der Waals surface area (Å²) in [5.74, 6) is 2.48. The molecular weight excluding hydrogens is 395 g/mol. The number of nitrogens with zero attached hydrogens (tertiary/aromatic N) is 4. The molecular formula is C24H31FN4O2. The van der Waals surface area contributed by atoms with Gasteiger partial charge < -0.3 is 14.5 Å². The summed E-state index contributed by atoms with van der Waals surface area (Å²) in [5, 5.41) is 0. The van der Waals surface area contributed by atoms with Crippen LogP contribution in [-0.4, -0.2) is 46.5 Å². The first kappa shape index (κ1) is 21.5. The molecule has 0 radical (unpaired) electrons. The summed E-state index contributed by atoms with van der Waals surface area (Å²) in [4.78, 5) is 25.5. The predicted molar refractivity (Wildman–Crippen MR) is 118 cm³/mol. The Labute approximate surface area is 183 Å². The maximum atomic E-state index is 13.3. The van der Waals surface area contributed by atoms with Crippen molar-refractivity contribution >= 4 is 11.7 Å². The van der Waals surface area contributed by atoms with Crippen LogP contribution < -0.4 is 9.64 Å². The lowest BCUT2D eigenvalue weighted by Crippen LogP contribution is -2.54. The molecule has 1 aromatic carbocycles. The molecule has 31 heavy (non-hydrogen) atoms. The van der Waals surface area contributed by atoms with Gasteiger partial charge in [0.05, 0.1) is 0 Å². The second-order valence-corrected chi connectivity index (χ2v) is 8.80. The maximum absolute atomic E-state index is 13.3. The number of ether oxygens (including phenoxy) is 1. The third-order valence-corrected chi connectivity index (χ3v) is 6.49. The zero-order chi connectivity index (χ0) is 21.8. The van der Waals surface area contributed by atoms with Crippen LogP contribution in [0.25, 0.3) is 0 Å². The lowest BCUT2D eigenvalue weighted by molar-refractivity contribution is -0.133. The Morgan fingerprint density at radius 2 is 2.00 bits per heavy atom. The van der Waals surface area contributed by atoms with E-state index in [1.807, 2.05) is 4.90 Å². The van der Waals surface area contributed by atoms with E-state index in [9.17, 15) is 9.18 Å². The Morgan fingerprint density at radius 3 is 2.74 bits per heavy atom. The van der Waals surface area contributed by atoms with Gasteiger partial charge in [0.25, 0.3) is 0 Å². The lowest BCUT2D eigenvalue weighted by Gasteiger charge is -2.40. The molecule has 0 unspecified atom stereocenters. The normalized spacial score (nSPS) is 19.6. The van der Waals surface area contributed by atoms with Crippen LogP contribution in [0, 0.1) is 18.7 Å². The summed E-state index contributed by atoms with van der Waals surface area (Å²) >= 11 is 0. The predicted octanol–water partition coefficient (Wildman–Crippen LogP) is 4.72. The molecule has 2 heterocycles. The molecule has 0 spiro atoms. The molecule has 4 rings (SSSR count). The first-order valence-electron chi connectivity index (χ1n) is 11.3. The second-order valence-electron chi connectivity index (χ2n) is 8.80. The van der Waals surface area contributed by atoms with E-state index in [1.54, 1.807) is 19.1 Å². The second kappa shape index (κ2) is 9.62. The van der Waals surface area contributed by atoms with E-state index in [4.69, 9.17) is 4.74 Å². The van der Waals surface area contributed by atoms with Crippen LogP contribution in [0.4, 0.5) is 10.2 Å². The van der Waals surface area contributed by atoms with Crippen molar-refractivity contribution in [1.82, 2.24) is 14.9 Å². The molecule has 0 bridgehead atoms. The summed E-state index contributed by atoms with van der Waals surface area (Å²) < 4.78 is 19.2. The molecule has 1 aliphatic carbocycles. The lowest BCUT2D eigenvalue weighted by atomic mass is 10.0. The topological polar surface area (TPSA) is 58.6 Å². The monoisotopic (exact) mass is 426 g/mol. The average Bonchev–Trinajstić information content (AvgIpc) is 3.28. The number of anilines is 1. The minimum Gasteiger partial charge on any atom is -0.439 e. The standard InChI is InChI=1S/C24H31FN4O2/c1-17-13-20(25)8-9-21(17)31-23-14-22(26-16-27-23)28-11-12-29(18(2)15-28)24(30)10-7-19-5-3-4-6-19/h8-9,13-14,16,18-19H,3-7,10-12,15H2,1-2H3/t18-/m0/s1. The van der Waals surface area contributed by atoms with Crippen molar-refractivity contribution in [2.45, 2.75) is 58.4 Å². The van der Waals surface area contributed by atoms with Crippen LogP contribution in [0.5, 0.6) is 11.6 Å². The molecule has 1 atom stereocenters. The third kappa shape index (κ3) is 5.32. The SMILES string of the molecule is Cc1cc(F)ccc1Oc1cc(N2CCN(C(=O)CCC3CCCC3)[C@@H](C)C2)ncn1. The summed E-state index contributed by atoms with van der Waals surface area (Å²) in [6, 6.07) is 6.33. The van der Waals surface area contributed by atoms with Crippen LogP contribution in [0.3, 0.4) is 0 Å². The van der Waals surface area contributed by atoms with E-state index in [-0.39, 0.29) is 17.8 Å². The molecule has 1 aromatic heterocycles. The first-order chi connectivity index (χ1) is 15.0. The Hall–Kier alpha value is -2.70. The number of aromatic nitrogens is 2. The maximum Gasteiger partial charge on any atom is 0.224 e. The van der Waals surface area contributed by atoms with Crippen LogP contribution in [0.2, 0.25) is 0 Å². The van der Waals surface area contributed by atoms with Crippen molar-refractivity contribution in [3.8, 4) is 11.6 Å². The number of carbonyl (C=O) groups is 1. The number of hydrogen-bond acceptors (Lipinski definition) is 5. The summed E-state index contributed by atoms with van der Waals surface area (Å²) in [6.07, 6.45) is 8.38. The van der Waals surface area contributed by atoms with E-state index >= 15 is 0 Å². The van der Waals surface area contributed by atoms with Crippen LogP contribution in [0.15, 0.2) is 30.6 Å². The molecule has 2 aromatic rings.